The van der Waals surface area contributed by atoms with Gasteiger partial charge in [-0.15, -0.1) is 23.2 Å². The quantitative estimate of drug-likeness (QED) is 0.467. The Kier molecular flexibility index (Phi) is 5.95. The molecule has 3 atom stereocenters. The van der Waals surface area contributed by atoms with Crippen LogP contribution in [0, 0.1) is 6.92 Å². The van der Waals surface area contributed by atoms with Gasteiger partial charge >= 0.3 is 0 Å². The first-order valence-electron chi connectivity index (χ1n) is 7.97. The highest BCUT2D eigenvalue weighted by Crippen LogP contribution is 2.33. The Morgan fingerprint density at radius 1 is 0.760 bits per heavy atom. The number of rotatable bonds is 5. The molecule has 0 fully saturated rings. The van der Waals surface area contributed by atoms with Gasteiger partial charge in [0.1, 0.15) is 4.71 Å². The van der Waals surface area contributed by atoms with Crippen LogP contribution in [0.4, 0.5) is 0 Å². The second kappa shape index (κ2) is 8.18. The molecule has 0 saturated carbocycles. The smallest absolute Gasteiger partial charge is 0.134 e. The summed E-state index contributed by atoms with van der Waals surface area (Å²) in [6, 6.07) is 25.6. The molecule has 0 saturated heterocycles. The van der Waals surface area contributed by atoms with Crippen molar-refractivity contribution in [1.29, 1.82) is 0 Å². The molecule has 0 bridgehead atoms. The molecule has 3 rings (SSSR count). The second-order valence-electron chi connectivity index (χ2n) is 5.85. The Balaban J connectivity index is 1.76. The van der Waals surface area contributed by atoms with Crippen LogP contribution in [0.5, 0.6) is 0 Å². The summed E-state index contributed by atoms with van der Waals surface area (Å²) >= 11 is 12.9. The number of aryl methyl sites for hydroxylation is 1. The van der Waals surface area contributed by atoms with Gasteiger partial charge in [-0.3, -0.25) is 4.21 Å². The normalized spacial score (nSPS) is 14.7. The number of halogens is 2. The van der Waals surface area contributed by atoms with Crippen molar-refractivity contribution in [3.63, 3.8) is 0 Å². The van der Waals surface area contributed by atoms with Crippen molar-refractivity contribution in [1.82, 2.24) is 0 Å². The van der Waals surface area contributed by atoms with E-state index in [0.717, 1.165) is 22.3 Å². The van der Waals surface area contributed by atoms with Crippen molar-refractivity contribution < 1.29 is 4.21 Å². The molecule has 0 N–H and O–H groups in total. The largest absolute Gasteiger partial charge is 0.253 e. The average molecular weight is 389 g/mol. The first-order chi connectivity index (χ1) is 12.1. The van der Waals surface area contributed by atoms with Crippen LogP contribution < -0.4 is 0 Å². The predicted octanol–water partition coefficient (Wildman–Crippen LogP) is 6.31. The first kappa shape index (κ1) is 18.2. The lowest BCUT2D eigenvalue weighted by atomic mass is 10.0. The van der Waals surface area contributed by atoms with Crippen LogP contribution in [0.3, 0.4) is 0 Å². The van der Waals surface area contributed by atoms with Gasteiger partial charge in [-0.1, -0.05) is 72.3 Å². The van der Waals surface area contributed by atoms with E-state index < -0.39 is 20.9 Å². The molecule has 0 heterocycles. The molecule has 3 unspecified atom stereocenters. The average Bonchev–Trinajstić information content (AvgIpc) is 2.67. The van der Waals surface area contributed by atoms with Crippen molar-refractivity contribution in [2.45, 2.75) is 21.9 Å². The minimum Gasteiger partial charge on any atom is -0.253 e. The Bertz CT molecular complexity index is 845. The highest BCUT2D eigenvalue weighted by atomic mass is 35.5. The fourth-order valence-electron chi connectivity index (χ4n) is 2.55. The molecule has 0 aliphatic heterocycles. The van der Waals surface area contributed by atoms with Crippen LogP contribution in [0.15, 0.2) is 83.8 Å². The summed E-state index contributed by atoms with van der Waals surface area (Å²) in [7, 11) is -1.37. The van der Waals surface area contributed by atoms with E-state index in [1.165, 1.54) is 0 Å². The number of hydrogen-bond acceptors (Lipinski definition) is 1. The molecule has 0 aliphatic rings. The van der Waals surface area contributed by atoms with Gasteiger partial charge in [0.2, 0.25) is 0 Å². The van der Waals surface area contributed by atoms with E-state index in [2.05, 4.69) is 12.1 Å². The number of hydrogen-bond donors (Lipinski definition) is 0. The third-order valence-electron chi connectivity index (χ3n) is 4.02. The van der Waals surface area contributed by atoms with E-state index in [9.17, 15) is 4.21 Å². The van der Waals surface area contributed by atoms with Crippen molar-refractivity contribution in [2.75, 3.05) is 0 Å². The summed E-state index contributed by atoms with van der Waals surface area (Å²) < 4.78 is 12.0. The topological polar surface area (TPSA) is 17.1 Å². The highest BCUT2D eigenvalue weighted by Gasteiger charge is 2.25. The molecule has 128 valence electrons. The molecular formula is C21H18Cl2OS. The molecule has 4 heteroatoms. The van der Waals surface area contributed by atoms with Crippen molar-refractivity contribution in [3.05, 3.63) is 90.0 Å². The van der Waals surface area contributed by atoms with Gasteiger partial charge in [0.15, 0.2) is 0 Å². The van der Waals surface area contributed by atoms with Crippen LogP contribution in [0.25, 0.3) is 11.1 Å². The Morgan fingerprint density at radius 2 is 1.32 bits per heavy atom. The SMILES string of the molecule is Cc1ccc(S(=O)C(Cl)C(Cl)c2ccc(-c3ccccc3)cc2)cc1. The third-order valence-corrected chi connectivity index (χ3v) is 6.96. The monoisotopic (exact) mass is 388 g/mol. The van der Waals surface area contributed by atoms with Crippen LogP contribution in [0.1, 0.15) is 16.5 Å². The summed E-state index contributed by atoms with van der Waals surface area (Å²) in [5.74, 6) is 0. The van der Waals surface area contributed by atoms with Crippen LogP contribution >= 0.6 is 23.2 Å². The van der Waals surface area contributed by atoms with Crippen molar-refractivity contribution >= 4 is 34.0 Å². The fourth-order valence-corrected chi connectivity index (χ4v) is 4.47. The van der Waals surface area contributed by atoms with Crippen molar-refractivity contribution in [3.8, 4) is 11.1 Å². The maximum atomic E-state index is 12.7. The lowest BCUT2D eigenvalue weighted by Crippen LogP contribution is -2.14. The summed E-state index contributed by atoms with van der Waals surface area (Å²) in [4.78, 5) is 0.692. The van der Waals surface area contributed by atoms with Gasteiger partial charge in [-0.2, -0.15) is 0 Å². The second-order valence-corrected chi connectivity index (χ2v) is 8.62. The van der Waals surface area contributed by atoms with E-state index in [1.807, 2.05) is 73.7 Å². The summed E-state index contributed by atoms with van der Waals surface area (Å²) in [6.07, 6.45) is 0. The fraction of sp³-hybridized carbons (Fsp3) is 0.143. The first-order valence-corrected chi connectivity index (χ1v) is 10.1. The highest BCUT2D eigenvalue weighted by molar-refractivity contribution is 7.87. The van der Waals surface area contributed by atoms with Gasteiger partial charge in [0.25, 0.3) is 0 Å². The molecule has 1 nitrogen and oxygen atoms in total. The Morgan fingerprint density at radius 3 is 1.92 bits per heavy atom. The third kappa shape index (κ3) is 4.33. The van der Waals surface area contributed by atoms with E-state index in [-0.39, 0.29) is 0 Å². The van der Waals surface area contributed by atoms with Gasteiger partial charge in [0, 0.05) is 4.90 Å². The van der Waals surface area contributed by atoms with Gasteiger partial charge < -0.3 is 0 Å². The van der Waals surface area contributed by atoms with Gasteiger partial charge in [-0.25, -0.2) is 0 Å². The standard InChI is InChI=1S/C21H18Cl2OS/c1-15-7-13-19(14-8-15)25(24)21(23)20(22)18-11-9-17(10-12-18)16-5-3-2-4-6-16/h2-14,20-21H,1H3. The van der Waals surface area contributed by atoms with Crippen LogP contribution in [-0.2, 0) is 10.8 Å². The minimum absolute atomic E-state index is 0.534. The Labute approximate surface area is 161 Å². The predicted molar refractivity (Wildman–Crippen MR) is 108 cm³/mol. The maximum Gasteiger partial charge on any atom is 0.134 e. The maximum absolute atomic E-state index is 12.7. The van der Waals surface area contributed by atoms with E-state index in [0.29, 0.717) is 4.90 Å². The Hall–Kier alpha value is -1.61. The summed E-state index contributed by atoms with van der Waals surface area (Å²) in [6.45, 7) is 1.99. The lowest BCUT2D eigenvalue weighted by Gasteiger charge is -2.17. The van der Waals surface area contributed by atoms with Crippen LogP contribution in [0.2, 0.25) is 0 Å². The van der Waals surface area contributed by atoms with Crippen molar-refractivity contribution in [2.24, 2.45) is 0 Å². The molecule has 0 amide bonds. The summed E-state index contributed by atoms with van der Waals surface area (Å²) in [5, 5.41) is -0.534. The molecule has 0 radical (unpaired) electrons. The lowest BCUT2D eigenvalue weighted by molar-refractivity contribution is 0.679. The molecular weight excluding hydrogens is 371 g/mol. The molecule has 3 aromatic carbocycles. The van der Waals surface area contributed by atoms with E-state index in [1.54, 1.807) is 0 Å². The molecule has 0 aliphatic carbocycles. The molecule has 0 spiro atoms. The van der Waals surface area contributed by atoms with Gasteiger partial charge in [-0.05, 0) is 35.7 Å². The number of benzene rings is 3. The molecule has 25 heavy (non-hydrogen) atoms. The van der Waals surface area contributed by atoms with Crippen LogP contribution in [-0.4, -0.2) is 8.92 Å². The zero-order chi connectivity index (χ0) is 17.8. The van der Waals surface area contributed by atoms with Gasteiger partial charge in [0.05, 0.1) is 16.2 Å². The zero-order valence-electron chi connectivity index (χ0n) is 13.7. The van der Waals surface area contributed by atoms with E-state index in [4.69, 9.17) is 23.2 Å². The van der Waals surface area contributed by atoms with E-state index >= 15 is 0 Å². The zero-order valence-corrected chi connectivity index (χ0v) is 16.1. The minimum atomic E-state index is -1.37. The number of alkyl halides is 2. The molecule has 3 aromatic rings. The molecule has 0 aromatic heterocycles. The summed E-state index contributed by atoms with van der Waals surface area (Å²) in [5.41, 5.74) is 4.23.